The second-order valence-corrected chi connectivity index (χ2v) is 12.5. The fraction of sp³-hybridized carbons (Fsp3) is 0.0870. The van der Waals surface area contributed by atoms with E-state index < -0.39 is 23.1 Å². The first-order valence-electron chi connectivity index (χ1n) is 10.6. The SMILES string of the molecule is O=S(=O)(O)CN1C(=Cc2sc3ccc(Cl)cc3[n+]2Cc2ccc(B(O)O)cc2)Sc2ccc(Cl)cc21. The molecule has 0 saturated carbocycles. The summed E-state index contributed by atoms with van der Waals surface area (Å²) in [4.78, 5) is 2.35. The second kappa shape index (κ2) is 10.00. The van der Waals surface area contributed by atoms with Gasteiger partial charge in [0.25, 0.3) is 15.1 Å². The number of halogens is 2. The lowest BCUT2D eigenvalue weighted by Crippen LogP contribution is -2.36. The van der Waals surface area contributed by atoms with Gasteiger partial charge in [0.15, 0.2) is 12.4 Å². The number of aromatic nitrogens is 1. The first-order valence-corrected chi connectivity index (χ1v) is 14.6. The molecule has 184 valence electrons. The van der Waals surface area contributed by atoms with Gasteiger partial charge in [-0.05, 0) is 35.8 Å². The minimum absolute atomic E-state index is 0.393. The molecule has 0 unspecified atom stereocenters. The molecule has 0 saturated heterocycles. The molecular weight excluding hydrogens is 562 g/mol. The topological polar surface area (TPSA) is 102 Å². The van der Waals surface area contributed by atoms with Crippen LogP contribution in [-0.2, 0) is 16.7 Å². The normalized spacial score (nSPS) is 14.6. The number of fused-ring (bicyclic) bond motifs is 2. The van der Waals surface area contributed by atoms with Crippen molar-refractivity contribution in [3.05, 3.63) is 86.3 Å². The number of thioether (sulfide) groups is 1. The Hall–Kier alpha value is -2.09. The number of hydrogen-bond donors (Lipinski definition) is 3. The number of rotatable bonds is 6. The Morgan fingerprint density at radius 3 is 2.39 bits per heavy atom. The molecule has 36 heavy (non-hydrogen) atoms. The lowest BCUT2D eigenvalue weighted by Gasteiger charge is -2.18. The molecule has 7 nitrogen and oxygen atoms in total. The summed E-state index contributed by atoms with van der Waals surface area (Å²) in [6.07, 6.45) is 1.88. The van der Waals surface area contributed by atoms with E-state index in [0.29, 0.717) is 32.8 Å². The fourth-order valence-electron chi connectivity index (χ4n) is 3.91. The predicted octanol–water partition coefficient (Wildman–Crippen LogP) is 3.98. The molecule has 0 bridgehead atoms. The number of anilines is 1. The van der Waals surface area contributed by atoms with Gasteiger partial charge in [0.05, 0.1) is 16.8 Å². The Bertz CT molecular complexity index is 1610. The van der Waals surface area contributed by atoms with Crippen molar-refractivity contribution < 1.29 is 27.6 Å². The van der Waals surface area contributed by atoms with E-state index in [1.54, 1.807) is 24.3 Å². The minimum atomic E-state index is -4.32. The molecule has 0 spiro atoms. The molecule has 0 atom stereocenters. The van der Waals surface area contributed by atoms with Crippen molar-refractivity contribution in [2.24, 2.45) is 0 Å². The summed E-state index contributed by atoms with van der Waals surface area (Å²) in [5.74, 6) is -0.610. The summed E-state index contributed by atoms with van der Waals surface area (Å²) in [5, 5.41) is 21.3. The zero-order chi connectivity index (χ0) is 25.6. The molecule has 0 fully saturated rings. The van der Waals surface area contributed by atoms with Crippen LogP contribution >= 0.6 is 46.3 Å². The van der Waals surface area contributed by atoms with E-state index in [-0.39, 0.29) is 0 Å². The third-order valence-corrected chi connectivity index (χ3v) is 8.82. The van der Waals surface area contributed by atoms with Gasteiger partial charge in [-0.1, -0.05) is 70.6 Å². The zero-order valence-corrected chi connectivity index (χ0v) is 22.3. The Labute approximate surface area is 226 Å². The number of hydrogen-bond acceptors (Lipinski definition) is 7. The maximum Gasteiger partial charge on any atom is 0.488 e. The monoisotopic (exact) mass is 579 g/mol. The van der Waals surface area contributed by atoms with E-state index >= 15 is 0 Å². The first-order chi connectivity index (χ1) is 17.1. The van der Waals surface area contributed by atoms with Crippen LogP contribution < -0.4 is 14.9 Å². The van der Waals surface area contributed by atoms with Crippen LogP contribution in [0.4, 0.5) is 5.69 Å². The summed E-state index contributed by atoms with van der Waals surface area (Å²) in [7, 11) is -5.87. The van der Waals surface area contributed by atoms with Crippen molar-refractivity contribution >= 4 is 91.0 Å². The van der Waals surface area contributed by atoms with Gasteiger partial charge < -0.3 is 14.9 Å². The van der Waals surface area contributed by atoms with Gasteiger partial charge in [-0.3, -0.25) is 4.55 Å². The molecule has 1 aliphatic rings. The van der Waals surface area contributed by atoms with E-state index in [1.807, 2.05) is 42.5 Å². The average molecular weight is 580 g/mol. The van der Waals surface area contributed by atoms with Gasteiger partial charge in [-0.2, -0.15) is 13.0 Å². The molecule has 1 aliphatic heterocycles. The number of thiazole rings is 1. The summed E-state index contributed by atoms with van der Waals surface area (Å²) in [6.45, 7) is 0.461. The van der Waals surface area contributed by atoms with Crippen LogP contribution in [0.15, 0.2) is 70.6 Å². The average Bonchev–Trinajstić information content (AvgIpc) is 3.30. The standard InChI is InChI=1S/C23H17BCl2N2O5S3/c25-16-5-7-20-18(9-16)27(12-14-1-3-15(4-2-14)24(29)30)22(34-20)11-23-28(13-36(31,32)33)19-10-17(26)6-8-21(19)35-23/h1-11,29-30H,12-13H2/p+1. The van der Waals surface area contributed by atoms with Crippen LogP contribution in [-0.4, -0.2) is 36.0 Å². The highest BCUT2D eigenvalue weighted by Gasteiger charge is 2.31. The van der Waals surface area contributed by atoms with Gasteiger partial charge >= 0.3 is 7.12 Å². The fourth-order valence-corrected chi connectivity index (χ4v) is 7.16. The van der Waals surface area contributed by atoms with E-state index in [0.717, 1.165) is 25.7 Å². The molecule has 0 radical (unpaired) electrons. The van der Waals surface area contributed by atoms with Crippen molar-refractivity contribution in [1.29, 1.82) is 0 Å². The van der Waals surface area contributed by atoms with Crippen molar-refractivity contribution in [2.75, 3.05) is 10.8 Å². The maximum absolute atomic E-state index is 11.8. The van der Waals surface area contributed by atoms with Crippen molar-refractivity contribution in [1.82, 2.24) is 0 Å². The highest BCUT2D eigenvalue weighted by molar-refractivity contribution is 8.04. The van der Waals surface area contributed by atoms with Crippen molar-refractivity contribution in [2.45, 2.75) is 11.4 Å². The Kier molecular flexibility index (Phi) is 7.10. The van der Waals surface area contributed by atoms with Gasteiger partial charge in [0.1, 0.15) is 4.70 Å². The van der Waals surface area contributed by atoms with Crippen molar-refractivity contribution in [3.63, 3.8) is 0 Å². The molecule has 4 aromatic rings. The quantitative estimate of drug-likeness (QED) is 0.180. The van der Waals surface area contributed by atoms with Crippen LogP contribution in [0.25, 0.3) is 16.3 Å². The Morgan fingerprint density at radius 2 is 1.69 bits per heavy atom. The van der Waals surface area contributed by atoms with Gasteiger partial charge in [0.2, 0.25) is 5.52 Å². The van der Waals surface area contributed by atoms with Crippen LogP contribution in [0, 0.1) is 0 Å². The number of benzene rings is 3. The van der Waals surface area contributed by atoms with Gasteiger partial charge in [-0.15, -0.1) is 0 Å². The molecule has 5 rings (SSSR count). The third-order valence-electron chi connectivity index (χ3n) is 5.54. The lowest BCUT2D eigenvalue weighted by atomic mass is 9.80. The second-order valence-electron chi connectivity index (χ2n) is 8.09. The smallest absolute Gasteiger partial charge is 0.423 e. The minimum Gasteiger partial charge on any atom is -0.423 e. The summed E-state index contributed by atoms with van der Waals surface area (Å²) >= 11 is 15.4. The number of nitrogens with zero attached hydrogens (tertiary/aromatic N) is 2. The highest BCUT2D eigenvalue weighted by Crippen LogP contribution is 2.48. The van der Waals surface area contributed by atoms with Gasteiger partial charge in [0, 0.05) is 26.6 Å². The first kappa shape index (κ1) is 25.6. The lowest BCUT2D eigenvalue weighted by molar-refractivity contribution is -0.659. The van der Waals surface area contributed by atoms with Crippen LogP contribution in [0.5, 0.6) is 0 Å². The van der Waals surface area contributed by atoms with Crippen molar-refractivity contribution in [3.8, 4) is 0 Å². The molecule has 0 aliphatic carbocycles. The van der Waals surface area contributed by atoms with Crippen LogP contribution in [0.2, 0.25) is 10.0 Å². The summed E-state index contributed by atoms with van der Waals surface area (Å²) < 4.78 is 36.3. The molecule has 3 aromatic carbocycles. The maximum atomic E-state index is 11.8. The largest absolute Gasteiger partial charge is 0.488 e. The van der Waals surface area contributed by atoms with Gasteiger partial charge in [-0.25, -0.2) is 0 Å². The highest BCUT2D eigenvalue weighted by atomic mass is 35.5. The Morgan fingerprint density at radius 1 is 1.00 bits per heavy atom. The zero-order valence-electron chi connectivity index (χ0n) is 18.4. The van der Waals surface area contributed by atoms with E-state index in [2.05, 4.69) is 4.57 Å². The summed E-state index contributed by atoms with van der Waals surface area (Å²) in [6, 6.07) is 17.8. The van der Waals surface area contributed by atoms with E-state index in [9.17, 15) is 23.0 Å². The van der Waals surface area contributed by atoms with E-state index in [1.165, 1.54) is 28.0 Å². The molecule has 1 aromatic heterocycles. The molecular formula is C23H18BCl2N2O5S3+. The predicted molar refractivity (Wildman–Crippen MR) is 147 cm³/mol. The van der Waals surface area contributed by atoms with E-state index in [4.69, 9.17) is 23.2 Å². The molecule has 13 heteroatoms. The Balaban J connectivity index is 1.61. The molecule has 3 N–H and O–H groups in total. The summed E-state index contributed by atoms with van der Waals surface area (Å²) in [5.41, 5.74) is 2.82. The van der Waals surface area contributed by atoms with Crippen LogP contribution in [0.3, 0.4) is 0 Å². The third kappa shape index (κ3) is 5.43. The molecule has 0 amide bonds. The van der Waals surface area contributed by atoms with Crippen LogP contribution in [0.1, 0.15) is 10.6 Å². The molecule has 2 heterocycles.